The number of hydrogen-bond acceptors (Lipinski definition) is 3. The van der Waals surface area contributed by atoms with Crippen molar-refractivity contribution in [2.75, 3.05) is 13.1 Å². The molecule has 6 heteroatoms. The number of carbonyl (C=O) groups is 3. The smallest absolute Gasteiger partial charge is 0.307 e. The number of carbonyl (C=O) groups excluding carboxylic acids is 2. The summed E-state index contributed by atoms with van der Waals surface area (Å²) in [5.41, 5.74) is 0. The van der Waals surface area contributed by atoms with Gasteiger partial charge in [0, 0.05) is 20.0 Å². The first-order valence-corrected chi connectivity index (χ1v) is 6.70. The fourth-order valence-corrected chi connectivity index (χ4v) is 2.59. The summed E-state index contributed by atoms with van der Waals surface area (Å²) in [6, 6.07) is 0. The molecule has 1 aliphatic rings. The first-order chi connectivity index (χ1) is 8.95. The van der Waals surface area contributed by atoms with E-state index in [1.807, 2.05) is 6.92 Å². The van der Waals surface area contributed by atoms with E-state index in [1.54, 1.807) is 0 Å². The molecule has 2 amide bonds. The second-order valence-corrected chi connectivity index (χ2v) is 5.07. The van der Waals surface area contributed by atoms with Gasteiger partial charge >= 0.3 is 5.97 Å². The van der Waals surface area contributed by atoms with Crippen LogP contribution in [0, 0.1) is 17.8 Å². The van der Waals surface area contributed by atoms with Gasteiger partial charge in [0.05, 0.1) is 11.8 Å². The van der Waals surface area contributed by atoms with E-state index in [1.165, 1.54) is 6.92 Å². The number of amides is 2. The minimum absolute atomic E-state index is 0.149. The molecule has 1 aliphatic carbocycles. The monoisotopic (exact) mass is 270 g/mol. The zero-order chi connectivity index (χ0) is 14.4. The average Bonchev–Trinajstić information content (AvgIpc) is 2.78. The second kappa shape index (κ2) is 7.11. The summed E-state index contributed by atoms with van der Waals surface area (Å²) >= 11 is 0. The van der Waals surface area contributed by atoms with Gasteiger partial charge in [0.25, 0.3) is 0 Å². The highest BCUT2D eigenvalue weighted by atomic mass is 16.4. The maximum Gasteiger partial charge on any atom is 0.307 e. The fraction of sp³-hybridized carbons (Fsp3) is 0.769. The SMILES string of the molecule is CCC1CC(C(=O)O)C(C(=O)NCCNC(C)=O)C1. The van der Waals surface area contributed by atoms with E-state index in [0.29, 0.717) is 31.8 Å². The average molecular weight is 270 g/mol. The van der Waals surface area contributed by atoms with Gasteiger partial charge in [-0.25, -0.2) is 0 Å². The first-order valence-electron chi connectivity index (χ1n) is 6.70. The van der Waals surface area contributed by atoms with E-state index < -0.39 is 17.8 Å². The predicted octanol–water partition coefficient (Wildman–Crippen LogP) is 0.376. The van der Waals surface area contributed by atoms with Crippen molar-refractivity contribution in [1.82, 2.24) is 10.6 Å². The van der Waals surface area contributed by atoms with Gasteiger partial charge in [-0.1, -0.05) is 13.3 Å². The second-order valence-electron chi connectivity index (χ2n) is 5.07. The van der Waals surface area contributed by atoms with Crippen LogP contribution in [0.2, 0.25) is 0 Å². The van der Waals surface area contributed by atoms with Gasteiger partial charge in [-0.05, 0) is 18.8 Å². The van der Waals surface area contributed by atoms with Gasteiger partial charge in [-0.2, -0.15) is 0 Å². The molecule has 0 saturated heterocycles. The molecule has 3 unspecified atom stereocenters. The van der Waals surface area contributed by atoms with Crippen LogP contribution in [0.1, 0.15) is 33.1 Å². The molecule has 108 valence electrons. The van der Waals surface area contributed by atoms with Crippen molar-refractivity contribution < 1.29 is 19.5 Å². The highest BCUT2D eigenvalue weighted by Crippen LogP contribution is 2.38. The maximum atomic E-state index is 12.0. The Kier molecular flexibility index (Phi) is 5.79. The molecule has 0 aromatic rings. The fourth-order valence-electron chi connectivity index (χ4n) is 2.59. The van der Waals surface area contributed by atoms with Crippen molar-refractivity contribution in [2.24, 2.45) is 17.8 Å². The van der Waals surface area contributed by atoms with Crippen LogP contribution in [-0.2, 0) is 14.4 Å². The lowest BCUT2D eigenvalue weighted by Crippen LogP contribution is -2.39. The van der Waals surface area contributed by atoms with Gasteiger partial charge in [-0.15, -0.1) is 0 Å². The number of rotatable bonds is 6. The van der Waals surface area contributed by atoms with Gasteiger partial charge in [0.15, 0.2) is 0 Å². The maximum absolute atomic E-state index is 12.0. The van der Waals surface area contributed by atoms with Crippen molar-refractivity contribution in [3.8, 4) is 0 Å². The topological polar surface area (TPSA) is 95.5 Å². The zero-order valence-corrected chi connectivity index (χ0v) is 11.4. The summed E-state index contributed by atoms with van der Waals surface area (Å²) in [5.74, 6) is -1.96. The minimum atomic E-state index is -0.891. The Morgan fingerprint density at radius 1 is 1.11 bits per heavy atom. The van der Waals surface area contributed by atoms with E-state index in [0.717, 1.165) is 6.42 Å². The van der Waals surface area contributed by atoms with Crippen molar-refractivity contribution >= 4 is 17.8 Å². The van der Waals surface area contributed by atoms with E-state index >= 15 is 0 Å². The Bertz CT molecular complexity index is 357. The predicted molar refractivity (Wildman–Crippen MR) is 69.3 cm³/mol. The van der Waals surface area contributed by atoms with Crippen LogP contribution in [0.25, 0.3) is 0 Å². The third-order valence-electron chi connectivity index (χ3n) is 3.69. The lowest BCUT2D eigenvalue weighted by Gasteiger charge is -2.15. The van der Waals surface area contributed by atoms with Gasteiger partial charge in [0.1, 0.15) is 0 Å². The lowest BCUT2D eigenvalue weighted by atomic mass is 9.95. The Balaban J connectivity index is 2.45. The molecule has 0 heterocycles. The van der Waals surface area contributed by atoms with Crippen LogP contribution in [-0.4, -0.2) is 36.0 Å². The number of aliphatic carboxylic acids is 1. The van der Waals surface area contributed by atoms with Crippen LogP contribution in [0.15, 0.2) is 0 Å². The van der Waals surface area contributed by atoms with Gasteiger partial charge < -0.3 is 15.7 Å². The summed E-state index contributed by atoms with van der Waals surface area (Å²) in [6.45, 7) is 4.12. The van der Waals surface area contributed by atoms with Crippen molar-refractivity contribution in [2.45, 2.75) is 33.1 Å². The van der Waals surface area contributed by atoms with Gasteiger partial charge in [-0.3, -0.25) is 14.4 Å². The van der Waals surface area contributed by atoms with Crippen molar-refractivity contribution in [3.05, 3.63) is 0 Å². The summed E-state index contributed by atoms with van der Waals surface area (Å²) in [5, 5.41) is 14.4. The molecular formula is C13H22N2O4. The highest BCUT2D eigenvalue weighted by molar-refractivity contribution is 5.85. The minimum Gasteiger partial charge on any atom is -0.481 e. The molecule has 0 aromatic carbocycles. The third kappa shape index (κ3) is 4.54. The molecule has 3 N–H and O–H groups in total. The number of carboxylic acid groups (broad SMARTS) is 1. The van der Waals surface area contributed by atoms with Crippen molar-refractivity contribution in [3.63, 3.8) is 0 Å². The summed E-state index contributed by atoms with van der Waals surface area (Å²) in [6.07, 6.45) is 2.12. The quantitative estimate of drug-likeness (QED) is 0.608. The van der Waals surface area contributed by atoms with Crippen LogP contribution in [0.5, 0.6) is 0 Å². The van der Waals surface area contributed by atoms with Gasteiger partial charge in [0.2, 0.25) is 11.8 Å². The molecule has 0 aliphatic heterocycles. The van der Waals surface area contributed by atoms with E-state index in [2.05, 4.69) is 10.6 Å². The summed E-state index contributed by atoms with van der Waals surface area (Å²) in [4.78, 5) is 33.8. The molecule has 0 spiro atoms. The van der Waals surface area contributed by atoms with Crippen LogP contribution in [0.4, 0.5) is 0 Å². The Morgan fingerprint density at radius 2 is 1.68 bits per heavy atom. The first kappa shape index (κ1) is 15.5. The number of carboxylic acids is 1. The molecule has 3 atom stereocenters. The number of hydrogen-bond donors (Lipinski definition) is 3. The Hall–Kier alpha value is -1.59. The molecular weight excluding hydrogens is 248 g/mol. The molecule has 19 heavy (non-hydrogen) atoms. The van der Waals surface area contributed by atoms with E-state index in [4.69, 9.17) is 5.11 Å². The molecule has 1 fully saturated rings. The molecule has 0 aromatic heterocycles. The van der Waals surface area contributed by atoms with Crippen LogP contribution < -0.4 is 10.6 Å². The highest BCUT2D eigenvalue weighted by Gasteiger charge is 2.41. The molecule has 6 nitrogen and oxygen atoms in total. The normalized spacial score (nSPS) is 25.9. The van der Waals surface area contributed by atoms with E-state index in [-0.39, 0.29) is 11.8 Å². The molecule has 1 rings (SSSR count). The zero-order valence-electron chi connectivity index (χ0n) is 11.4. The summed E-state index contributed by atoms with van der Waals surface area (Å²) in [7, 11) is 0. The van der Waals surface area contributed by atoms with E-state index in [9.17, 15) is 14.4 Å². The largest absolute Gasteiger partial charge is 0.481 e. The number of nitrogens with one attached hydrogen (secondary N) is 2. The standard InChI is InChI=1S/C13H22N2O4/c1-3-9-6-10(11(7-9)13(18)19)12(17)15-5-4-14-8(2)16/h9-11H,3-7H2,1-2H3,(H,14,16)(H,15,17)(H,18,19). The van der Waals surface area contributed by atoms with Crippen LogP contribution in [0.3, 0.4) is 0 Å². The van der Waals surface area contributed by atoms with Crippen molar-refractivity contribution in [1.29, 1.82) is 0 Å². The molecule has 0 radical (unpaired) electrons. The molecule has 1 saturated carbocycles. The van der Waals surface area contributed by atoms with Crippen LogP contribution >= 0.6 is 0 Å². The third-order valence-corrected chi connectivity index (χ3v) is 3.69. The summed E-state index contributed by atoms with van der Waals surface area (Å²) < 4.78 is 0. The Morgan fingerprint density at radius 3 is 2.21 bits per heavy atom. The lowest BCUT2D eigenvalue weighted by molar-refractivity contribution is -0.146. The Labute approximate surface area is 112 Å². The molecule has 0 bridgehead atoms.